The zero-order valence-corrected chi connectivity index (χ0v) is 13.3. The molecular weight excluding hydrogens is 298 g/mol. The van der Waals surface area contributed by atoms with Gasteiger partial charge in [-0.25, -0.2) is 4.79 Å². The minimum atomic E-state index is -0.461. The Balaban J connectivity index is 2.13. The minimum Gasteiger partial charge on any atom is -0.465 e. The number of nitrogens with one attached hydrogen (secondary N) is 1. The van der Waals surface area contributed by atoms with Gasteiger partial charge in [0.2, 0.25) is 0 Å². The predicted molar refractivity (Wildman–Crippen MR) is 84.5 cm³/mol. The molecule has 0 radical (unpaired) electrons. The molecule has 2 aromatic rings. The Morgan fingerprint density at radius 1 is 1.22 bits per heavy atom. The fourth-order valence-corrected chi connectivity index (χ4v) is 1.97. The van der Waals surface area contributed by atoms with Crippen LogP contribution in [0, 0.1) is 6.92 Å². The number of furan rings is 1. The second-order valence-corrected chi connectivity index (χ2v) is 4.88. The maximum Gasteiger partial charge on any atom is 0.337 e. The number of amides is 1. The first kappa shape index (κ1) is 16.8. The molecule has 0 atom stereocenters. The van der Waals surface area contributed by atoms with E-state index in [0.29, 0.717) is 30.2 Å². The number of benzene rings is 1. The van der Waals surface area contributed by atoms with Crippen LogP contribution in [0.1, 0.15) is 39.2 Å². The van der Waals surface area contributed by atoms with Crippen LogP contribution < -0.4 is 5.32 Å². The van der Waals surface area contributed by atoms with Crippen molar-refractivity contribution in [3.05, 3.63) is 53.0 Å². The van der Waals surface area contributed by atoms with Gasteiger partial charge in [0.25, 0.3) is 5.91 Å². The van der Waals surface area contributed by atoms with E-state index in [9.17, 15) is 9.59 Å². The number of hydrogen-bond acceptors (Lipinski definition) is 5. The number of esters is 1. The van der Waals surface area contributed by atoms with Crippen LogP contribution in [0.25, 0.3) is 0 Å². The normalized spacial score (nSPS) is 10.4. The molecule has 0 aliphatic rings. The summed E-state index contributed by atoms with van der Waals surface area (Å²) in [6, 6.07) is 8.24. The highest BCUT2D eigenvalue weighted by Gasteiger charge is 2.14. The third-order valence-corrected chi connectivity index (χ3v) is 3.24. The summed E-state index contributed by atoms with van der Waals surface area (Å²) in [5.41, 5.74) is 1.72. The molecule has 0 unspecified atom stereocenters. The zero-order chi connectivity index (χ0) is 16.8. The van der Waals surface area contributed by atoms with Crippen LogP contribution in [0.5, 0.6) is 0 Å². The number of hydrogen-bond donors (Lipinski definition) is 1. The van der Waals surface area contributed by atoms with Crippen molar-refractivity contribution in [3.63, 3.8) is 0 Å². The van der Waals surface area contributed by atoms with E-state index in [4.69, 9.17) is 9.15 Å². The number of aryl methyl sites for hydroxylation is 1. The van der Waals surface area contributed by atoms with Crippen LogP contribution in [0.4, 0.5) is 5.69 Å². The molecule has 6 heteroatoms. The maximum atomic E-state index is 12.2. The van der Waals surface area contributed by atoms with Crippen LogP contribution in [-0.4, -0.2) is 25.6 Å². The molecule has 122 valence electrons. The van der Waals surface area contributed by atoms with E-state index in [-0.39, 0.29) is 5.76 Å². The molecule has 0 aliphatic carbocycles. The van der Waals surface area contributed by atoms with Crippen molar-refractivity contribution in [2.24, 2.45) is 0 Å². The van der Waals surface area contributed by atoms with Crippen LogP contribution in [0.2, 0.25) is 0 Å². The number of rotatable bonds is 6. The van der Waals surface area contributed by atoms with Crippen molar-refractivity contribution in [1.29, 1.82) is 0 Å². The number of anilines is 1. The Labute approximate surface area is 134 Å². The molecule has 0 saturated carbocycles. The van der Waals surface area contributed by atoms with Gasteiger partial charge in [-0.15, -0.1) is 0 Å². The summed E-state index contributed by atoms with van der Waals surface area (Å²) in [7, 11) is 1.31. The smallest absolute Gasteiger partial charge is 0.337 e. The molecule has 1 aromatic carbocycles. The van der Waals surface area contributed by atoms with Gasteiger partial charge in [0.05, 0.1) is 12.7 Å². The fraction of sp³-hybridized carbons (Fsp3) is 0.294. The Hall–Kier alpha value is -2.60. The van der Waals surface area contributed by atoms with Crippen LogP contribution in [-0.2, 0) is 16.1 Å². The van der Waals surface area contributed by atoms with Crippen molar-refractivity contribution in [2.45, 2.75) is 20.5 Å². The lowest BCUT2D eigenvalue weighted by Gasteiger charge is -2.09. The molecule has 1 amide bonds. The largest absolute Gasteiger partial charge is 0.465 e. The van der Waals surface area contributed by atoms with E-state index in [0.717, 1.165) is 5.56 Å². The number of methoxy groups -OCH3 is 1. The second kappa shape index (κ2) is 7.60. The quantitative estimate of drug-likeness (QED) is 0.828. The summed E-state index contributed by atoms with van der Waals surface area (Å²) < 4.78 is 15.3. The molecule has 0 saturated heterocycles. The van der Waals surface area contributed by atoms with Crippen LogP contribution in [0.3, 0.4) is 0 Å². The van der Waals surface area contributed by atoms with Crippen LogP contribution in [0.15, 0.2) is 34.7 Å². The number of carbonyl (C=O) groups is 2. The van der Waals surface area contributed by atoms with Gasteiger partial charge in [0.1, 0.15) is 12.4 Å². The molecule has 0 fully saturated rings. The lowest BCUT2D eigenvalue weighted by atomic mass is 10.1. The van der Waals surface area contributed by atoms with Crippen LogP contribution >= 0.6 is 0 Å². The van der Waals surface area contributed by atoms with Gasteiger partial charge < -0.3 is 19.2 Å². The van der Waals surface area contributed by atoms with Crippen molar-refractivity contribution in [1.82, 2.24) is 0 Å². The SMILES string of the molecule is CCOCc1ccc(C(=O)Nc2cc(C(=O)OC)ccc2C)o1. The summed E-state index contributed by atoms with van der Waals surface area (Å²) in [6.07, 6.45) is 0. The summed E-state index contributed by atoms with van der Waals surface area (Å²) in [5.74, 6) is -0.0880. The van der Waals surface area contributed by atoms with Gasteiger partial charge in [0, 0.05) is 12.3 Å². The first-order valence-corrected chi connectivity index (χ1v) is 7.22. The van der Waals surface area contributed by atoms with Gasteiger partial charge in [-0.3, -0.25) is 4.79 Å². The molecule has 1 aromatic heterocycles. The summed E-state index contributed by atoms with van der Waals surface area (Å²) in [4.78, 5) is 23.8. The van der Waals surface area contributed by atoms with Gasteiger partial charge in [-0.1, -0.05) is 6.07 Å². The van der Waals surface area contributed by atoms with E-state index in [1.165, 1.54) is 7.11 Å². The standard InChI is InChI=1S/C17H19NO5/c1-4-22-10-13-7-8-15(23-13)16(19)18-14-9-12(17(20)21-3)6-5-11(14)2/h5-9H,4,10H2,1-3H3,(H,18,19). The van der Waals surface area contributed by atoms with Gasteiger partial charge in [0.15, 0.2) is 5.76 Å². The van der Waals surface area contributed by atoms with E-state index < -0.39 is 11.9 Å². The fourth-order valence-electron chi connectivity index (χ4n) is 1.97. The molecule has 0 spiro atoms. The van der Waals surface area contributed by atoms with Gasteiger partial charge in [-0.2, -0.15) is 0 Å². The average molecular weight is 317 g/mol. The topological polar surface area (TPSA) is 77.8 Å². The van der Waals surface area contributed by atoms with Gasteiger partial charge >= 0.3 is 5.97 Å². The maximum absolute atomic E-state index is 12.2. The highest BCUT2D eigenvalue weighted by molar-refractivity contribution is 6.03. The Morgan fingerprint density at radius 2 is 2.00 bits per heavy atom. The Bertz CT molecular complexity index is 705. The molecule has 6 nitrogen and oxygen atoms in total. The Kier molecular flexibility index (Phi) is 5.54. The lowest BCUT2D eigenvalue weighted by Crippen LogP contribution is -2.13. The van der Waals surface area contributed by atoms with Crippen molar-refractivity contribution in [3.8, 4) is 0 Å². The molecule has 23 heavy (non-hydrogen) atoms. The highest BCUT2D eigenvalue weighted by Crippen LogP contribution is 2.19. The Morgan fingerprint density at radius 3 is 2.70 bits per heavy atom. The van der Waals surface area contributed by atoms with E-state index in [2.05, 4.69) is 10.1 Å². The summed E-state index contributed by atoms with van der Waals surface area (Å²) in [6.45, 7) is 4.61. The molecule has 1 N–H and O–H groups in total. The first-order valence-electron chi connectivity index (χ1n) is 7.22. The third kappa shape index (κ3) is 4.20. The van der Waals surface area contributed by atoms with E-state index in [1.807, 2.05) is 13.8 Å². The predicted octanol–water partition coefficient (Wildman–Crippen LogP) is 3.16. The molecule has 1 heterocycles. The lowest BCUT2D eigenvalue weighted by molar-refractivity contribution is 0.0600. The molecular formula is C17H19NO5. The average Bonchev–Trinajstić information content (AvgIpc) is 3.03. The summed E-state index contributed by atoms with van der Waals surface area (Å²) in [5, 5.41) is 2.73. The second-order valence-electron chi connectivity index (χ2n) is 4.88. The van der Waals surface area contributed by atoms with E-state index in [1.54, 1.807) is 30.3 Å². The molecule has 0 aliphatic heterocycles. The molecule has 2 rings (SSSR count). The first-order chi connectivity index (χ1) is 11.0. The van der Waals surface area contributed by atoms with Crippen molar-refractivity contribution in [2.75, 3.05) is 19.0 Å². The zero-order valence-electron chi connectivity index (χ0n) is 13.3. The number of ether oxygens (including phenoxy) is 2. The summed E-state index contributed by atoms with van der Waals surface area (Å²) >= 11 is 0. The third-order valence-electron chi connectivity index (χ3n) is 3.24. The monoisotopic (exact) mass is 317 g/mol. The van der Waals surface area contributed by atoms with Crippen molar-refractivity contribution < 1.29 is 23.5 Å². The molecule has 0 bridgehead atoms. The van der Waals surface area contributed by atoms with Crippen molar-refractivity contribution >= 4 is 17.6 Å². The number of carbonyl (C=O) groups excluding carboxylic acids is 2. The van der Waals surface area contributed by atoms with Gasteiger partial charge in [-0.05, 0) is 43.7 Å². The minimum absolute atomic E-state index is 0.183. The highest BCUT2D eigenvalue weighted by atomic mass is 16.5. The van der Waals surface area contributed by atoms with E-state index >= 15 is 0 Å².